The van der Waals surface area contributed by atoms with Crippen LogP contribution in [0.1, 0.15) is 25.7 Å². The number of ether oxygens (including phenoxy) is 1. The van der Waals surface area contributed by atoms with E-state index >= 15 is 0 Å². The molecule has 0 spiro atoms. The first kappa shape index (κ1) is 12.9. The molecular formula is C14H24N4O. The third-order valence-corrected chi connectivity index (χ3v) is 4.37. The van der Waals surface area contributed by atoms with Crippen molar-refractivity contribution in [2.75, 3.05) is 32.1 Å². The van der Waals surface area contributed by atoms with Crippen LogP contribution in [0.25, 0.3) is 0 Å². The zero-order valence-electron chi connectivity index (χ0n) is 11.7. The monoisotopic (exact) mass is 264 g/mol. The molecule has 3 rings (SSSR count). The smallest absolute Gasteiger partial charge is 0.0729 e. The summed E-state index contributed by atoms with van der Waals surface area (Å²) in [7, 11) is 1.72. The fourth-order valence-electron chi connectivity index (χ4n) is 3.38. The summed E-state index contributed by atoms with van der Waals surface area (Å²) in [5, 5.41) is 8.03. The summed E-state index contributed by atoms with van der Waals surface area (Å²) in [6.45, 7) is 4.06. The lowest BCUT2D eigenvalue weighted by molar-refractivity contribution is 0.183. The van der Waals surface area contributed by atoms with Crippen LogP contribution in [0.5, 0.6) is 0 Å². The number of hydrogen-bond acceptors (Lipinski definition) is 4. The lowest BCUT2D eigenvalue weighted by Crippen LogP contribution is -2.41. The van der Waals surface area contributed by atoms with E-state index in [0.29, 0.717) is 12.6 Å². The predicted molar refractivity (Wildman–Crippen MR) is 75.3 cm³/mol. The number of nitrogens with one attached hydrogen (secondary N) is 1. The van der Waals surface area contributed by atoms with Gasteiger partial charge in [0.2, 0.25) is 0 Å². The average Bonchev–Trinajstić information content (AvgIpc) is 3.05. The molecule has 1 N–H and O–H groups in total. The Balaban J connectivity index is 1.57. The molecule has 0 radical (unpaired) electrons. The summed E-state index contributed by atoms with van der Waals surface area (Å²) < 4.78 is 7.02. The van der Waals surface area contributed by atoms with Crippen LogP contribution in [0.3, 0.4) is 0 Å². The van der Waals surface area contributed by atoms with Crippen LogP contribution < -0.4 is 5.32 Å². The molecule has 3 heterocycles. The van der Waals surface area contributed by atoms with Gasteiger partial charge in [-0.15, -0.1) is 0 Å². The maximum Gasteiger partial charge on any atom is 0.0729 e. The molecule has 1 aromatic heterocycles. The van der Waals surface area contributed by atoms with E-state index in [9.17, 15) is 0 Å². The number of aromatic nitrogens is 2. The fraction of sp³-hybridized carbons (Fsp3) is 0.786. The van der Waals surface area contributed by atoms with Gasteiger partial charge in [-0.1, -0.05) is 6.42 Å². The van der Waals surface area contributed by atoms with Crippen LogP contribution in [0, 0.1) is 0 Å². The minimum atomic E-state index is 0.598. The van der Waals surface area contributed by atoms with Crippen molar-refractivity contribution in [3.05, 3.63) is 12.4 Å². The van der Waals surface area contributed by atoms with E-state index in [-0.39, 0.29) is 0 Å². The SMILES string of the molecule is COCCn1cc(NC2CCN3CCCCC23)cn1. The van der Waals surface area contributed by atoms with Crippen LogP contribution in [-0.2, 0) is 11.3 Å². The van der Waals surface area contributed by atoms with Gasteiger partial charge in [-0.25, -0.2) is 0 Å². The summed E-state index contributed by atoms with van der Waals surface area (Å²) in [4.78, 5) is 2.65. The second-order valence-electron chi connectivity index (χ2n) is 5.62. The summed E-state index contributed by atoms with van der Waals surface area (Å²) in [5.74, 6) is 0. The highest BCUT2D eigenvalue weighted by molar-refractivity contribution is 5.40. The van der Waals surface area contributed by atoms with Crippen molar-refractivity contribution in [1.29, 1.82) is 0 Å². The minimum absolute atomic E-state index is 0.598. The molecule has 2 aliphatic rings. The van der Waals surface area contributed by atoms with E-state index < -0.39 is 0 Å². The van der Waals surface area contributed by atoms with Crippen LogP contribution >= 0.6 is 0 Å². The van der Waals surface area contributed by atoms with Gasteiger partial charge in [0.1, 0.15) is 0 Å². The van der Waals surface area contributed by atoms with Crippen LogP contribution in [0.15, 0.2) is 12.4 Å². The molecule has 0 bridgehead atoms. The Kier molecular flexibility index (Phi) is 4.03. The van der Waals surface area contributed by atoms with Crippen LogP contribution in [0.2, 0.25) is 0 Å². The lowest BCUT2D eigenvalue weighted by atomic mass is 9.99. The molecule has 2 saturated heterocycles. The average molecular weight is 264 g/mol. The highest BCUT2D eigenvalue weighted by atomic mass is 16.5. The van der Waals surface area contributed by atoms with Crippen molar-refractivity contribution < 1.29 is 4.74 Å². The van der Waals surface area contributed by atoms with Crippen molar-refractivity contribution in [2.24, 2.45) is 0 Å². The van der Waals surface area contributed by atoms with E-state index in [0.717, 1.165) is 18.3 Å². The molecule has 5 heteroatoms. The zero-order chi connectivity index (χ0) is 13.1. The molecule has 1 aromatic rings. The van der Waals surface area contributed by atoms with Gasteiger partial charge < -0.3 is 10.1 Å². The second kappa shape index (κ2) is 5.92. The van der Waals surface area contributed by atoms with Gasteiger partial charge in [-0.2, -0.15) is 5.10 Å². The maximum absolute atomic E-state index is 5.07. The molecule has 2 aliphatic heterocycles. The quantitative estimate of drug-likeness (QED) is 0.876. The number of piperidine rings is 1. The number of hydrogen-bond donors (Lipinski definition) is 1. The van der Waals surface area contributed by atoms with E-state index in [1.165, 1.54) is 38.8 Å². The van der Waals surface area contributed by atoms with E-state index in [4.69, 9.17) is 4.74 Å². The Labute approximate surface area is 114 Å². The summed E-state index contributed by atoms with van der Waals surface area (Å²) in [6.07, 6.45) is 9.37. The molecule has 2 atom stereocenters. The predicted octanol–water partition coefficient (Wildman–Crippen LogP) is 1.57. The fourth-order valence-corrected chi connectivity index (χ4v) is 3.38. The Hall–Kier alpha value is -1.07. The second-order valence-corrected chi connectivity index (χ2v) is 5.62. The first-order chi connectivity index (χ1) is 9.36. The molecule has 5 nitrogen and oxygen atoms in total. The molecular weight excluding hydrogens is 240 g/mol. The van der Waals surface area contributed by atoms with Crippen molar-refractivity contribution >= 4 is 5.69 Å². The number of nitrogens with zero attached hydrogens (tertiary/aromatic N) is 3. The number of rotatable bonds is 5. The molecule has 0 saturated carbocycles. The summed E-state index contributed by atoms with van der Waals surface area (Å²) >= 11 is 0. The number of methoxy groups -OCH3 is 1. The van der Waals surface area contributed by atoms with Crippen molar-refractivity contribution in [1.82, 2.24) is 14.7 Å². The third kappa shape index (κ3) is 2.92. The van der Waals surface area contributed by atoms with Gasteiger partial charge in [0.25, 0.3) is 0 Å². The summed E-state index contributed by atoms with van der Waals surface area (Å²) in [5.41, 5.74) is 1.15. The topological polar surface area (TPSA) is 42.3 Å². The molecule has 2 unspecified atom stereocenters. The van der Waals surface area contributed by atoms with Gasteiger partial charge in [-0.05, 0) is 25.8 Å². The lowest BCUT2D eigenvalue weighted by Gasteiger charge is -2.32. The van der Waals surface area contributed by atoms with E-state index in [2.05, 4.69) is 21.5 Å². The van der Waals surface area contributed by atoms with Crippen LogP contribution in [0.4, 0.5) is 5.69 Å². The number of fused-ring (bicyclic) bond motifs is 1. The van der Waals surface area contributed by atoms with E-state index in [1.807, 2.05) is 10.9 Å². The zero-order valence-corrected chi connectivity index (χ0v) is 11.7. The molecule has 19 heavy (non-hydrogen) atoms. The highest BCUT2D eigenvalue weighted by Gasteiger charge is 2.35. The Bertz CT molecular complexity index is 406. The molecule has 0 aromatic carbocycles. The maximum atomic E-state index is 5.07. The van der Waals surface area contributed by atoms with Gasteiger partial charge >= 0.3 is 0 Å². The molecule has 106 valence electrons. The van der Waals surface area contributed by atoms with Gasteiger partial charge in [0.05, 0.1) is 25.0 Å². The number of anilines is 1. The standard InChI is InChI=1S/C14H24N4O/c1-19-9-8-18-11-12(10-15-18)16-13-5-7-17-6-3-2-4-14(13)17/h10-11,13-14,16H,2-9H2,1H3. The molecule has 2 fully saturated rings. The Morgan fingerprint density at radius 1 is 1.37 bits per heavy atom. The Morgan fingerprint density at radius 2 is 2.32 bits per heavy atom. The summed E-state index contributed by atoms with van der Waals surface area (Å²) in [6, 6.07) is 1.33. The largest absolute Gasteiger partial charge is 0.383 e. The Morgan fingerprint density at radius 3 is 3.21 bits per heavy atom. The molecule has 0 aliphatic carbocycles. The van der Waals surface area contributed by atoms with E-state index in [1.54, 1.807) is 7.11 Å². The first-order valence-electron chi connectivity index (χ1n) is 7.39. The van der Waals surface area contributed by atoms with Gasteiger partial charge in [0, 0.05) is 31.9 Å². The van der Waals surface area contributed by atoms with Crippen molar-refractivity contribution in [3.63, 3.8) is 0 Å². The highest BCUT2D eigenvalue weighted by Crippen LogP contribution is 2.29. The van der Waals surface area contributed by atoms with Gasteiger partial charge in [0.15, 0.2) is 0 Å². The first-order valence-corrected chi connectivity index (χ1v) is 7.39. The van der Waals surface area contributed by atoms with Gasteiger partial charge in [-0.3, -0.25) is 9.58 Å². The van der Waals surface area contributed by atoms with Crippen LogP contribution in [-0.4, -0.2) is 53.6 Å². The van der Waals surface area contributed by atoms with Crippen molar-refractivity contribution in [3.8, 4) is 0 Å². The third-order valence-electron chi connectivity index (χ3n) is 4.37. The minimum Gasteiger partial charge on any atom is -0.383 e. The normalized spacial score (nSPS) is 27.4. The van der Waals surface area contributed by atoms with Crippen molar-refractivity contribution in [2.45, 2.75) is 44.3 Å². The molecule has 0 amide bonds.